The Hall–Kier alpha value is -1.97. The topological polar surface area (TPSA) is 17.1 Å². The molecule has 114 valence electrons. The lowest BCUT2D eigenvalue weighted by molar-refractivity contribution is -0.789. The minimum atomic E-state index is 0.168. The maximum atomic E-state index is 13.4. The van der Waals surface area contributed by atoms with Gasteiger partial charge in [-0.15, -0.1) is 4.48 Å². The van der Waals surface area contributed by atoms with Gasteiger partial charge in [-0.25, -0.2) is 4.48 Å². The number of benzene rings is 2. The molecule has 1 heterocycles. The highest BCUT2D eigenvalue weighted by molar-refractivity contribution is 5.91. The van der Waals surface area contributed by atoms with E-state index in [9.17, 15) is 4.79 Å². The molecule has 22 heavy (non-hydrogen) atoms. The zero-order valence-corrected chi connectivity index (χ0v) is 13.8. The Morgan fingerprint density at radius 3 is 1.68 bits per heavy atom. The largest absolute Gasteiger partial charge is 0.523 e. The molecule has 0 saturated heterocycles. The van der Waals surface area contributed by atoms with Crippen molar-refractivity contribution in [3.63, 3.8) is 0 Å². The summed E-state index contributed by atoms with van der Waals surface area (Å²) < 4.78 is 0.523. The molecule has 0 aliphatic carbocycles. The van der Waals surface area contributed by atoms with E-state index in [0.717, 1.165) is 24.2 Å². The van der Waals surface area contributed by atoms with E-state index in [4.69, 9.17) is 0 Å². The van der Waals surface area contributed by atoms with Gasteiger partial charge in [0.15, 0.2) is 11.4 Å². The van der Waals surface area contributed by atoms with E-state index in [1.54, 1.807) is 0 Å². The Labute approximate surface area is 132 Å². The van der Waals surface area contributed by atoms with Crippen molar-refractivity contribution in [2.75, 3.05) is 28.2 Å². The van der Waals surface area contributed by atoms with E-state index in [2.05, 4.69) is 36.4 Å². The number of carbonyl (C=O) groups is 1. The highest BCUT2D eigenvalue weighted by Crippen LogP contribution is 2.42. The van der Waals surface area contributed by atoms with Crippen molar-refractivity contribution in [1.29, 1.82) is 0 Å². The lowest BCUT2D eigenvalue weighted by atomic mass is 10.0. The number of amides is 2. The zero-order chi connectivity index (χ0) is 16.0. The van der Waals surface area contributed by atoms with Gasteiger partial charge < -0.3 is 0 Å². The van der Waals surface area contributed by atoms with Crippen molar-refractivity contribution in [2.45, 2.75) is 12.8 Å². The van der Waals surface area contributed by atoms with Crippen LogP contribution in [-0.4, -0.2) is 38.7 Å². The number of aryl methyl sites for hydroxylation is 2. The average Bonchev–Trinajstić information content (AvgIpc) is 2.63. The lowest BCUT2D eigenvalue weighted by Crippen LogP contribution is -2.59. The number of rotatable bonds is 0. The predicted octanol–water partition coefficient (Wildman–Crippen LogP) is 3.88. The third-order valence-electron chi connectivity index (χ3n) is 4.57. The molecular weight excluding hydrogens is 272 g/mol. The number of urea groups is 1. The second kappa shape index (κ2) is 5.04. The number of hydrogen-bond donors (Lipinski definition) is 0. The van der Waals surface area contributed by atoms with Crippen LogP contribution < -0.4 is 4.48 Å². The standard InChI is InChI=1S/C19H24N2O/c1-20(2,3)19(22)21(4)17-11-7-5-9-15(17)13-14-16-10-6-8-12-18(16)21/h5-12H,13-14H2,1-4H3/q+2. The molecule has 2 aromatic rings. The van der Waals surface area contributed by atoms with Crippen molar-refractivity contribution < 1.29 is 9.28 Å². The van der Waals surface area contributed by atoms with Crippen molar-refractivity contribution in [2.24, 2.45) is 0 Å². The SMILES string of the molecule is C[N+](C)(C)C(=O)[N+]1(C)c2ccccc2CCc2ccccc21. The van der Waals surface area contributed by atoms with Gasteiger partial charge in [-0.1, -0.05) is 36.4 Å². The molecule has 3 heteroatoms. The van der Waals surface area contributed by atoms with Crippen molar-refractivity contribution in [3.8, 4) is 0 Å². The van der Waals surface area contributed by atoms with Crippen molar-refractivity contribution in [1.82, 2.24) is 4.48 Å². The molecule has 2 amide bonds. The Bertz CT molecular complexity index is 681. The summed E-state index contributed by atoms with van der Waals surface area (Å²) >= 11 is 0. The molecule has 1 aliphatic rings. The molecule has 0 spiro atoms. The van der Waals surface area contributed by atoms with Crippen LogP contribution in [0.4, 0.5) is 16.2 Å². The minimum Gasteiger partial charge on any atom is -0.213 e. The molecule has 0 aromatic heterocycles. The van der Waals surface area contributed by atoms with Crippen LogP contribution in [0.25, 0.3) is 0 Å². The summed E-state index contributed by atoms with van der Waals surface area (Å²) in [7, 11) is 7.88. The van der Waals surface area contributed by atoms with Gasteiger partial charge in [-0.2, -0.15) is 4.79 Å². The molecule has 0 radical (unpaired) electrons. The number of quaternary nitrogens is 2. The van der Waals surface area contributed by atoms with Gasteiger partial charge in [-0.05, 0) is 12.8 Å². The number of fused-ring (bicyclic) bond motifs is 2. The van der Waals surface area contributed by atoms with Crippen LogP contribution >= 0.6 is 0 Å². The summed E-state index contributed by atoms with van der Waals surface area (Å²) in [5.74, 6) is 0. The van der Waals surface area contributed by atoms with Gasteiger partial charge in [0.2, 0.25) is 0 Å². The first-order valence-corrected chi connectivity index (χ1v) is 7.75. The van der Waals surface area contributed by atoms with Crippen LogP contribution in [0.3, 0.4) is 0 Å². The van der Waals surface area contributed by atoms with E-state index in [-0.39, 0.29) is 10.5 Å². The van der Waals surface area contributed by atoms with Gasteiger partial charge in [0.05, 0.1) is 28.2 Å². The maximum Gasteiger partial charge on any atom is 0.523 e. The smallest absolute Gasteiger partial charge is 0.213 e. The molecule has 0 atom stereocenters. The van der Waals surface area contributed by atoms with Crippen LogP contribution in [0.1, 0.15) is 11.1 Å². The second-order valence-corrected chi connectivity index (χ2v) is 7.06. The second-order valence-electron chi connectivity index (χ2n) is 7.06. The van der Waals surface area contributed by atoms with E-state index in [1.807, 2.05) is 40.3 Å². The van der Waals surface area contributed by atoms with Gasteiger partial charge in [0.25, 0.3) is 0 Å². The first-order valence-electron chi connectivity index (χ1n) is 7.75. The first kappa shape index (κ1) is 14.9. The van der Waals surface area contributed by atoms with E-state index >= 15 is 0 Å². The van der Waals surface area contributed by atoms with Crippen molar-refractivity contribution in [3.05, 3.63) is 59.7 Å². The number of para-hydroxylation sites is 2. The van der Waals surface area contributed by atoms with Crippen LogP contribution in [0.5, 0.6) is 0 Å². The maximum absolute atomic E-state index is 13.4. The molecule has 0 bridgehead atoms. The Balaban J connectivity index is 2.34. The summed E-state index contributed by atoms with van der Waals surface area (Å²) in [4.78, 5) is 13.4. The molecule has 0 fully saturated rings. The van der Waals surface area contributed by atoms with E-state index < -0.39 is 0 Å². The predicted molar refractivity (Wildman–Crippen MR) is 91.1 cm³/mol. The van der Waals surface area contributed by atoms with Gasteiger partial charge in [0.1, 0.15) is 0 Å². The number of carbonyl (C=O) groups excluding carboxylic acids is 1. The van der Waals surface area contributed by atoms with Gasteiger partial charge in [-0.3, -0.25) is 0 Å². The molecule has 0 saturated carbocycles. The van der Waals surface area contributed by atoms with Crippen LogP contribution in [0, 0.1) is 0 Å². The molecule has 3 nitrogen and oxygen atoms in total. The lowest BCUT2D eigenvalue weighted by Gasteiger charge is -2.35. The molecule has 0 unspecified atom stereocenters. The summed E-state index contributed by atoms with van der Waals surface area (Å²) in [6.45, 7) is 0. The molecule has 2 aromatic carbocycles. The summed E-state index contributed by atoms with van der Waals surface area (Å²) in [6, 6.07) is 16.9. The van der Waals surface area contributed by atoms with E-state index in [0.29, 0.717) is 4.48 Å². The Morgan fingerprint density at radius 1 is 0.864 bits per heavy atom. The van der Waals surface area contributed by atoms with Crippen LogP contribution in [-0.2, 0) is 12.8 Å². The molecule has 1 aliphatic heterocycles. The minimum absolute atomic E-state index is 0.168. The summed E-state index contributed by atoms with van der Waals surface area (Å²) in [5, 5.41) is 0. The number of hydrogen-bond acceptors (Lipinski definition) is 1. The third-order valence-corrected chi connectivity index (χ3v) is 4.57. The van der Waals surface area contributed by atoms with E-state index in [1.165, 1.54) is 11.1 Å². The van der Waals surface area contributed by atoms with Crippen LogP contribution in [0.15, 0.2) is 48.5 Å². The quantitative estimate of drug-likeness (QED) is 0.674. The summed E-state index contributed by atoms with van der Waals surface area (Å²) in [5.41, 5.74) is 4.74. The molecule has 3 rings (SSSR count). The van der Waals surface area contributed by atoms with Gasteiger partial charge in [0, 0.05) is 23.3 Å². The highest BCUT2D eigenvalue weighted by Gasteiger charge is 2.49. The fraction of sp³-hybridized carbons (Fsp3) is 0.316. The average molecular weight is 296 g/mol. The Kier molecular flexibility index (Phi) is 3.42. The fourth-order valence-electron chi connectivity index (χ4n) is 3.52. The Morgan fingerprint density at radius 2 is 1.27 bits per heavy atom. The number of nitrogens with zero attached hydrogens (tertiary/aromatic N) is 2. The molecule has 0 N–H and O–H groups in total. The first-order chi connectivity index (χ1) is 10.3. The van der Waals surface area contributed by atoms with Crippen molar-refractivity contribution >= 4 is 17.4 Å². The summed E-state index contributed by atoms with van der Waals surface area (Å²) in [6.07, 6.45) is 1.96. The third kappa shape index (κ3) is 2.18. The monoisotopic (exact) mass is 296 g/mol. The zero-order valence-electron chi connectivity index (χ0n) is 13.8. The fourth-order valence-corrected chi connectivity index (χ4v) is 3.52. The van der Waals surface area contributed by atoms with Crippen LogP contribution in [0.2, 0.25) is 0 Å². The van der Waals surface area contributed by atoms with Gasteiger partial charge >= 0.3 is 6.03 Å². The molecular formula is C19H24N2O+2. The normalized spacial score (nSPS) is 16.4. The highest BCUT2D eigenvalue weighted by atomic mass is 16.2.